The summed E-state index contributed by atoms with van der Waals surface area (Å²) in [6, 6.07) is 5.42. The lowest BCUT2D eigenvalue weighted by Gasteiger charge is -2.35. The van der Waals surface area contributed by atoms with Gasteiger partial charge in [0.2, 0.25) is 0 Å². The first-order valence-electron chi connectivity index (χ1n) is 10.3. The molecule has 30 heavy (non-hydrogen) atoms. The summed E-state index contributed by atoms with van der Waals surface area (Å²) in [5.41, 5.74) is 10.7. The zero-order valence-corrected chi connectivity index (χ0v) is 17.2. The van der Waals surface area contributed by atoms with Gasteiger partial charge in [-0.2, -0.15) is 10.1 Å². The van der Waals surface area contributed by atoms with E-state index in [0.717, 1.165) is 47.2 Å². The summed E-state index contributed by atoms with van der Waals surface area (Å²) in [7, 11) is 2.12. The zero-order valence-electron chi connectivity index (χ0n) is 17.2. The van der Waals surface area contributed by atoms with E-state index in [0.29, 0.717) is 17.6 Å². The summed E-state index contributed by atoms with van der Waals surface area (Å²) >= 11 is 0. The summed E-state index contributed by atoms with van der Waals surface area (Å²) in [4.78, 5) is 10.8. The molecule has 0 radical (unpaired) electrons. The molecule has 1 aromatic carbocycles. The third-order valence-corrected chi connectivity index (χ3v) is 6.10. The Hall–Kier alpha value is -3.42. The molecule has 1 aliphatic carbocycles. The highest BCUT2D eigenvalue weighted by molar-refractivity contribution is 5.83. The maximum atomic E-state index is 7.39. The second-order valence-corrected chi connectivity index (χ2v) is 8.12. The van der Waals surface area contributed by atoms with Crippen molar-refractivity contribution in [2.45, 2.75) is 44.7 Å². The Morgan fingerprint density at radius 1 is 1.23 bits per heavy atom. The number of nitrogen functional groups attached to an aromatic ring is 1. The SMILES string of the molecule is CC1CCc2c(ccc(-c3cnn(C4CC4)c3)c2Oc2ncc(C=N)c(N)n2)N1C. The van der Waals surface area contributed by atoms with E-state index in [4.69, 9.17) is 15.9 Å². The van der Waals surface area contributed by atoms with Crippen LogP contribution in [0, 0.1) is 5.41 Å². The lowest BCUT2D eigenvalue weighted by atomic mass is 9.93. The molecule has 1 unspecified atom stereocenters. The minimum atomic E-state index is 0.184. The van der Waals surface area contributed by atoms with Crippen molar-refractivity contribution in [3.8, 4) is 22.9 Å². The second kappa shape index (κ2) is 7.12. The van der Waals surface area contributed by atoms with Gasteiger partial charge in [0.15, 0.2) is 0 Å². The number of nitrogens with zero attached hydrogens (tertiary/aromatic N) is 5. The summed E-state index contributed by atoms with van der Waals surface area (Å²) in [5.74, 6) is 0.984. The highest BCUT2D eigenvalue weighted by Gasteiger charge is 2.28. The van der Waals surface area contributed by atoms with E-state index < -0.39 is 0 Å². The summed E-state index contributed by atoms with van der Waals surface area (Å²) in [6.45, 7) is 2.23. The molecule has 0 spiro atoms. The van der Waals surface area contributed by atoms with Gasteiger partial charge in [-0.3, -0.25) is 4.68 Å². The van der Waals surface area contributed by atoms with E-state index >= 15 is 0 Å². The van der Waals surface area contributed by atoms with Crippen molar-refractivity contribution in [2.24, 2.45) is 0 Å². The van der Waals surface area contributed by atoms with Crippen LogP contribution in [0.3, 0.4) is 0 Å². The lowest BCUT2D eigenvalue weighted by Crippen LogP contribution is -2.33. The predicted octanol–water partition coefficient (Wildman–Crippen LogP) is 3.82. The van der Waals surface area contributed by atoms with Crippen molar-refractivity contribution < 1.29 is 4.74 Å². The molecule has 0 bridgehead atoms. The Morgan fingerprint density at radius 2 is 2.07 bits per heavy atom. The minimum absolute atomic E-state index is 0.184. The van der Waals surface area contributed by atoms with Crippen LogP contribution >= 0.6 is 0 Å². The molecule has 2 aromatic heterocycles. The Morgan fingerprint density at radius 3 is 2.80 bits per heavy atom. The van der Waals surface area contributed by atoms with E-state index in [1.165, 1.54) is 19.0 Å². The minimum Gasteiger partial charge on any atom is -0.423 e. The number of fused-ring (bicyclic) bond motifs is 1. The summed E-state index contributed by atoms with van der Waals surface area (Å²) < 4.78 is 8.31. The van der Waals surface area contributed by atoms with E-state index in [9.17, 15) is 0 Å². The van der Waals surface area contributed by atoms with Crippen molar-refractivity contribution in [3.63, 3.8) is 0 Å². The van der Waals surface area contributed by atoms with Crippen LogP contribution < -0.4 is 15.4 Å². The van der Waals surface area contributed by atoms with Gasteiger partial charge in [0.05, 0.1) is 17.8 Å². The smallest absolute Gasteiger partial charge is 0.323 e. The van der Waals surface area contributed by atoms with Gasteiger partial charge >= 0.3 is 6.01 Å². The molecule has 0 amide bonds. The molecule has 1 saturated carbocycles. The molecule has 3 N–H and O–H groups in total. The van der Waals surface area contributed by atoms with Gasteiger partial charge in [-0.1, -0.05) is 0 Å². The summed E-state index contributed by atoms with van der Waals surface area (Å²) in [6.07, 6.45) is 11.0. The Bertz CT molecular complexity index is 1120. The topological polar surface area (TPSA) is 106 Å². The number of nitrogens with one attached hydrogen (secondary N) is 1. The molecule has 0 saturated heterocycles. The number of hydrogen-bond donors (Lipinski definition) is 2. The number of benzene rings is 1. The first-order chi connectivity index (χ1) is 14.5. The van der Waals surface area contributed by atoms with E-state index in [-0.39, 0.29) is 11.8 Å². The van der Waals surface area contributed by atoms with Crippen molar-refractivity contribution in [3.05, 3.63) is 41.9 Å². The average molecular weight is 403 g/mol. The van der Waals surface area contributed by atoms with Crippen LogP contribution in [0.2, 0.25) is 0 Å². The van der Waals surface area contributed by atoms with Gasteiger partial charge in [0.1, 0.15) is 11.6 Å². The van der Waals surface area contributed by atoms with Gasteiger partial charge in [0, 0.05) is 54.1 Å². The Balaban J connectivity index is 1.61. The molecular weight excluding hydrogens is 378 g/mol. The fourth-order valence-corrected chi connectivity index (χ4v) is 3.97. The molecule has 8 heteroatoms. The lowest BCUT2D eigenvalue weighted by molar-refractivity contribution is 0.434. The molecule has 3 aromatic rings. The Labute approximate surface area is 175 Å². The first-order valence-corrected chi connectivity index (χ1v) is 10.3. The molecule has 1 fully saturated rings. The monoisotopic (exact) mass is 403 g/mol. The number of nitrogens with two attached hydrogens (primary N) is 1. The largest absolute Gasteiger partial charge is 0.423 e. The van der Waals surface area contributed by atoms with Gasteiger partial charge in [-0.25, -0.2) is 4.98 Å². The highest BCUT2D eigenvalue weighted by atomic mass is 16.5. The predicted molar refractivity (Wildman–Crippen MR) is 117 cm³/mol. The maximum absolute atomic E-state index is 7.39. The van der Waals surface area contributed by atoms with Crippen molar-refractivity contribution in [1.82, 2.24) is 19.7 Å². The fraction of sp³-hybridized carbons (Fsp3) is 0.364. The molecule has 3 heterocycles. The number of rotatable bonds is 5. The van der Waals surface area contributed by atoms with Gasteiger partial charge in [-0.15, -0.1) is 0 Å². The van der Waals surface area contributed by atoms with Crippen LogP contribution in [-0.2, 0) is 6.42 Å². The second-order valence-electron chi connectivity index (χ2n) is 8.12. The quantitative estimate of drug-likeness (QED) is 0.627. The Kier molecular flexibility index (Phi) is 4.42. The normalized spacial score (nSPS) is 18.2. The fourth-order valence-electron chi connectivity index (χ4n) is 3.97. The van der Waals surface area contributed by atoms with Crippen molar-refractivity contribution >= 4 is 17.7 Å². The van der Waals surface area contributed by atoms with Crippen LogP contribution in [0.5, 0.6) is 11.8 Å². The van der Waals surface area contributed by atoms with Crippen LogP contribution in [0.1, 0.15) is 43.4 Å². The van der Waals surface area contributed by atoms with Crippen LogP contribution in [0.25, 0.3) is 11.1 Å². The van der Waals surface area contributed by atoms with Crippen molar-refractivity contribution in [1.29, 1.82) is 5.41 Å². The van der Waals surface area contributed by atoms with E-state index in [1.54, 1.807) is 0 Å². The van der Waals surface area contributed by atoms with Gasteiger partial charge < -0.3 is 20.8 Å². The zero-order chi connectivity index (χ0) is 20.8. The van der Waals surface area contributed by atoms with Gasteiger partial charge in [-0.05, 0) is 44.7 Å². The molecule has 5 rings (SSSR count). The number of hydrogen-bond acceptors (Lipinski definition) is 7. The molecule has 154 valence electrons. The van der Waals surface area contributed by atoms with E-state index in [2.05, 4.69) is 52.3 Å². The molecule has 1 aliphatic heterocycles. The molecule has 2 aliphatic rings. The standard InChI is InChI=1S/C22H25N7O/c1-13-3-6-18-19(28(13)2)8-7-17(15-11-26-29(12-15)16-4-5-16)20(18)30-22-25-10-14(9-23)21(24)27-22/h7-13,16,23H,3-6H2,1-2H3,(H2,24,25,27). The third kappa shape index (κ3) is 3.18. The maximum Gasteiger partial charge on any atom is 0.323 e. The first kappa shape index (κ1) is 18.6. The summed E-state index contributed by atoms with van der Waals surface area (Å²) in [5, 5.41) is 11.9. The third-order valence-electron chi connectivity index (χ3n) is 6.10. The number of ether oxygens (including phenoxy) is 1. The van der Waals surface area contributed by atoms with Crippen LogP contribution in [-0.4, -0.2) is 39.1 Å². The number of aromatic nitrogens is 4. The number of anilines is 2. The molecular formula is C22H25N7O. The highest BCUT2D eigenvalue weighted by Crippen LogP contribution is 2.44. The van der Waals surface area contributed by atoms with Crippen molar-refractivity contribution in [2.75, 3.05) is 17.7 Å². The molecule has 8 nitrogen and oxygen atoms in total. The average Bonchev–Trinajstić information content (AvgIpc) is 3.48. The van der Waals surface area contributed by atoms with Gasteiger partial charge in [0.25, 0.3) is 0 Å². The van der Waals surface area contributed by atoms with Crippen LogP contribution in [0.4, 0.5) is 11.5 Å². The van der Waals surface area contributed by atoms with E-state index in [1.807, 2.05) is 10.9 Å². The molecule has 1 atom stereocenters. The van der Waals surface area contributed by atoms with Crippen LogP contribution in [0.15, 0.2) is 30.7 Å².